The molecule has 1 aliphatic rings. The number of anilines is 1. The van der Waals surface area contributed by atoms with Gasteiger partial charge in [-0.05, 0) is 55.9 Å². The van der Waals surface area contributed by atoms with Crippen LogP contribution in [0.25, 0.3) is 5.65 Å². The van der Waals surface area contributed by atoms with Crippen LogP contribution in [-0.4, -0.2) is 15.4 Å². The van der Waals surface area contributed by atoms with E-state index in [-0.39, 0.29) is 0 Å². The van der Waals surface area contributed by atoms with Crippen LogP contribution in [0.3, 0.4) is 0 Å². The van der Waals surface area contributed by atoms with Crippen LogP contribution in [0.2, 0.25) is 0 Å². The van der Waals surface area contributed by atoms with Gasteiger partial charge in [-0.15, -0.1) is 0 Å². The van der Waals surface area contributed by atoms with Crippen LogP contribution in [0.4, 0.5) is 5.82 Å². The molecular weight excluding hydrogens is 306 g/mol. The molecule has 0 bridgehead atoms. The number of pyridine rings is 1. The van der Waals surface area contributed by atoms with Crippen molar-refractivity contribution in [3.63, 3.8) is 0 Å². The molecule has 1 fully saturated rings. The number of aryl methyl sites for hydroxylation is 3. The Hall–Kier alpha value is -2.29. The molecule has 0 saturated heterocycles. The van der Waals surface area contributed by atoms with Crippen molar-refractivity contribution < 1.29 is 0 Å². The Bertz CT molecular complexity index is 829. The van der Waals surface area contributed by atoms with Gasteiger partial charge in [-0.1, -0.05) is 49.6 Å². The maximum Gasteiger partial charge on any atom is 0.138 e. The normalized spacial score (nSPS) is 15.6. The molecule has 1 aliphatic carbocycles. The standard InChI is InChI=1S/C22H27N3/c1-17-14-15-25-21(16-17)24-20(13-12-18-8-4-2-5-9-18)22(25)23-19-10-6-3-7-11-19/h2,4-5,8-9,14-16,19,23H,3,6-7,10-13H2,1H3. The Morgan fingerprint density at radius 3 is 2.64 bits per heavy atom. The number of aromatic nitrogens is 2. The molecule has 3 heteroatoms. The molecule has 2 aromatic heterocycles. The van der Waals surface area contributed by atoms with E-state index in [4.69, 9.17) is 4.98 Å². The van der Waals surface area contributed by atoms with Crippen LogP contribution in [0.5, 0.6) is 0 Å². The summed E-state index contributed by atoms with van der Waals surface area (Å²) in [7, 11) is 0. The molecule has 1 N–H and O–H groups in total. The lowest BCUT2D eigenvalue weighted by atomic mass is 9.95. The Kier molecular flexibility index (Phi) is 4.73. The van der Waals surface area contributed by atoms with Gasteiger partial charge in [-0.25, -0.2) is 4.98 Å². The number of benzene rings is 1. The monoisotopic (exact) mass is 333 g/mol. The second-order valence-corrected chi connectivity index (χ2v) is 7.30. The summed E-state index contributed by atoms with van der Waals surface area (Å²) in [6.45, 7) is 2.13. The van der Waals surface area contributed by atoms with Crippen molar-refractivity contribution in [2.75, 3.05) is 5.32 Å². The molecule has 2 heterocycles. The number of nitrogens with one attached hydrogen (secondary N) is 1. The maximum absolute atomic E-state index is 4.95. The molecule has 3 aromatic rings. The zero-order valence-electron chi connectivity index (χ0n) is 15.0. The van der Waals surface area contributed by atoms with Crippen LogP contribution >= 0.6 is 0 Å². The molecule has 0 amide bonds. The van der Waals surface area contributed by atoms with Gasteiger partial charge in [-0.2, -0.15) is 0 Å². The molecule has 0 atom stereocenters. The molecule has 0 radical (unpaired) electrons. The summed E-state index contributed by atoms with van der Waals surface area (Å²) in [6, 6.07) is 15.6. The third kappa shape index (κ3) is 3.71. The molecule has 1 saturated carbocycles. The summed E-state index contributed by atoms with van der Waals surface area (Å²) in [6.07, 6.45) is 10.8. The zero-order valence-corrected chi connectivity index (χ0v) is 15.0. The van der Waals surface area contributed by atoms with E-state index in [2.05, 4.69) is 65.3 Å². The van der Waals surface area contributed by atoms with Crippen LogP contribution in [0.15, 0.2) is 48.7 Å². The molecule has 1 aromatic carbocycles. The molecule has 3 nitrogen and oxygen atoms in total. The van der Waals surface area contributed by atoms with E-state index in [9.17, 15) is 0 Å². The average Bonchev–Trinajstić information content (AvgIpc) is 2.98. The Labute approximate surface area is 150 Å². The zero-order chi connectivity index (χ0) is 17.1. The van der Waals surface area contributed by atoms with Crippen molar-refractivity contribution in [3.05, 3.63) is 65.5 Å². The second-order valence-electron chi connectivity index (χ2n) is 7.30. The lowest BCUT2D eigenvalue weighted by Gasteiger charge is -2.24. The highest BCUT2D eigenvalue weighted by molar-refractivity contribution is 5.57. The number of fused-ring (bicyclic) bond motifs is 1. The van der Waals surface area contributed by atoms with E-state index in [1.54, 1.807) is 0 Å². The summed E-state index contributed by atoms with van der Waals surface area (Å²) in [5.41, 5.74) is 4.89. The Morgan fingerprint density at radius 2 is 1.84 bits per heavy atom. The fourth-order valence-electron chi connectivity index (χ4n) is 3.87. The first-order valence-electron chi connectivity index (χ1n) is 9.57. The fourth-order valence-corrected chi connectivity index (χ4v) is 3.87. The van der Waals surface area contributed by atoms with Crippen molar-refractivity contribution in [1.29, 1.82) is 0 Å². The smallest absolute Gasteiger partial charge is 0.138 e. The molecular formula is C22H27N3. The number of imidazole rings is 1. The van der Waals surface area contributed by atoms with Gasteiger partial charge in [0.15, 0.2) is 0 Å². The average molecular weight is 333 g/mol. The Morgan fingerprint density at radius 1 is 1.04 bits per heavy atom. The summed E-state index contributed by atoms with van der Waals surface area (Å²) >= 11 is 0. The van der Waals surface area contributed by atoms with Gasteiger partial charge in [-0.3, -0.25) is 4.40 Å². The highest BCUT2D eigenvalue weighted by Crippen LogP contribution is 2.26. The highest BCUT2D eigenvalue weighted by Gasteiger charge is 2.18. The third-order valence-corrected chi connectivity index (χ3v) is 5.29. The number of hydrogen-bond acceptors (Lipinski definition) is 2. The van der Waals surface area contributed by atoms with Crippen molar-refractivity contribution in [1.82, 2.24) is 9.38 Å². The van der Waals surface area contributed by atoms with Gasteiger partial charge in [0.25, 0.3) is 0 Å². The number of nitrogens with zero attached hydrogens (tertiary/aromatic N) is 2. The largest absolute Gasteiger partial charge is 0.367 e. The van der Waals surface area contributed by atoms with Gasteiger partial charge in [0.05, 0.1) is 5.69 Å². The number of rotatable bonds is 5. The van der Waals surface area contributed by atoms with Crippen LogP contribution in [0, 0.1) is 6.92 Å². The van der Waals surface area contributed by atoms with E-state index in [1.807, 2.05) is 0 Å². The predicted octanol–water partition coefficient (Wildman–Crippen LogP) is 5.17. The van der Waals surface area contributed by atoms with Crippen molar-refractivity contribution in [3.8, 4) is 0 Å². The van der Waals surface area contributed by atoms with E-state index in [1.165, 1.54) is 54.7 Å². The highest BCUT2D eigenvalue weighted by atomic mass is 15.1. The molecule has 130 valence electrons. The lowest BCUT2D eigenvalue weighted by Crippen LogP contribution is -2.23. The SMILES string of the molecule is Cc1ccn2c(NC3CCCCC3)c(CCc3ccccc3)nc2c1. The molecule has 0 unspecified atom stereocenters. The summed E-state index contributed by atoms with van der Waals surface area (Å²) < 4.78 is 2.24. The van der Waals surface area contributed by atoms with Gasteiger partial charge in [0, 0.05) is 12.2 Å². The first kappa shape index (κ1) is 16.2. The minimum atomic E-state index is 0.588. The molecule has 25 heavy (non-hydrogen) atoms. The van der Waals surface area contributed by atoms with E-state index in [0.717, 1.165) is 18.5 Å². The summed E-state index contributed by atoms with van der Waals surface area (Å²) in [5.74, 6) is 1.21. The number of hydrogen-bond donors (Lipinski definition) is 1. The summed E-state index contributed by atoms with van der Waals surface area (Å²) in [5, 5.41) is 3.83. The lowest BCUT2D eigenvalue weighted by molar-refractivity contribution is 0.461. The van der Waals surface area contributed by atoms with E-state index >= 15 is 0 Å². The first-order valence-corrected chi connectivity index (χ1v) is 9.57. The van der Waals surface area contributed by atoms with Crippen molar-refractivity contribution >= 4 is 11.5 Å². The first-order chi connectivity index (χ1) is 12.3. The van der Waals surface area contributed by atoms with E-state index < -0.39 is 0 Å². The minimum absolute atomic E-state index is 0.588. The van der Waals surface area contributed by atoms with Crippen molar-refractivity contribution in [2.45, 2.75) is 57.9 Å². The quantitative estimate of drug-likeness (QED) is 0.698. The van der Waals surface area contributed by atoms with Crippen LogP contribution in [0.1, 0.15) is 48.9 Å². The predicted molar refractivity (Wildman–Crippen MR) is 104 cm³/mol. The van der Waals surface area contributed by atoms with Crippen LogP contribution < -0.4 is 5.32 Å². The molecule has 4 rings (SSSR count). The van der Waals surface area contributed by atoms with Gasteiger partial charge < -0.3 is 5.32 Å². The third-order valence-electron chi connectivity index (χ3n) is 5.29. The molecule has 0 aliphatic heterocycles. The van der Waals surface area contributed by atoms with Gasteiger partial charge in [0.2, 0.25) is 0 Å². The summed E-state index contributed by atoms with van der Waals surface area (Å²) in [4.78, 5) is 4.95. The van der Waals surface area contributed by atoms with Gasteiger partial charge >= 0.3 is 0 Å². The fraction of sp³-hybridized carbons (Fsp3) is 0.409. The Balaban J connectivity index is 1.62. The van der Waals surface area contributed by atoms with Gasteiger partial charge in [0.1, 0.15) is 11.5 Å². The van der Waals surface area contributed by atoms with Crippen LogP contribution in [-0.2, 0) is 12.8 Å². The van der Waals surface area contributed by atoms with E-state index in [0.29, 0.717) is 6.04 Å². The van der Waals surface area contributed by atoms with Crippen molar-refractivity contribution in [2.24, 2.45) is 0 Å². The topological polar surface area (TPSA) is 29.3 Å². The maximum atomic E-state index is 4.95. The second kappa shape index (κ2) is 7.30. The minimum Gasteiger partial charge on any atom is -0.367 e. The molecule has 0 spiro atoms.